The van der Waals surface area contributed by atoms with Crippen LogP contribution in [0.5, 0.6) is 11.5 Å². The van der Waals surface area contributed by atoms with Crippen molar-refractivity contribution < 1.29 is 14.3 Å². The number of hydrogen-bond donors (Lipinski definition) is 1. The highest BCUT2D eigenvalue weighted by Crippen LogP contribution is 2.29. The van der Waals surface area contributed by atoms with Gasteiger partial charge in [-0.1, -0.05) is 6.07 Å². The van der Waals surface area contributed by atoms with Crippen molar-refractivity contribution in [3.05, 3.63) is 53.9 Å². The molecule has 0 bridgehead atoms. The van der Waals surface area contributed by atoms with Crippen molar-refractivity contribution in [1.82, 2.24) is 10.3 Å². The maximum absolute atomic E-state index is 12.1. The largest absolute Gasteiger partial charge is 0.497 e. The minimum Gasteiger partial charge on any atom is -0.497 e. The van der Waals surface area contributed by atoms with E-state index in [2.05, 4.69) is 10.3 Å². The van der Waals surface area contributed by atoms with E-state index in [0.29, 0.717) is 13.0 Å². The lowest BCUT2D eigenvalue weighted by molar-refractivity contribution is -0.121. The van der Waals surface area contributed by atoms with Crippen molar-refractivity contribution >= 4 is 5.91 Å². The van der Waals surface area contributed by atoms with Crippen LogP contribution in [0.1, 0.15) is 11.1 Å². The van der Waals surface area contributed by atoms with Gasteiger partial charge in [-0.25, -0.2) is 0 Å². The van der Waals surface area contributed by atoms with Gasteiger partial charge in [-0.3, -0.25) is 9.78 Å². The summed E-state index contributed by atoms with van der Waals surface area (Å²) in [6, 6.07) is 9.45. The van der Waals surface area contributed by atoms with Gasteiger partial charge in [0.2, 0.25) is 5.91 Å². The summed E-state index contributed by atoms with van der Waals surface area (Å²) < 4.78 is 10.9. The molecule has 0 aliphatic carbocycles. The van der Waals surface area contributed by atoms with Crippen LogP contribution in [0.3, 0.4) is 0 Å². The monoisotopic (exact) mass is 298 g/mol. The molecule has 1 atom stereocenters. The Morgan fingerprint density at radius 1 is 1.36 bits per heavy atom. The number of benzene rings is 1. The molecule has 3 rings (SSSR count). The molecule has 0 fully saturated rings. The number of nitrogens with one attached hydrogen (secondary N) is 1. The molecule has 1 N–H and O–H groups in total. The van der Waals surface area contributed by atoms with Gasteiger partial charge in [-0.15, -0.1) is 0 Å². The molecular weight excluding hydrogens is 280 g/mol. The summed E-state index contributed by atoms with van der Waals surface area (Å²) in [4.78, 5) is 16.0. The van der Waals surface area contributed by atoms with Gasteiger partial charge in [0, 0.05) is 18.5 Å². The van der Waals surface area contributed by atoms with Gasteiger partial charge in [-0.05, 0) is 35.7 Å². The number of aromatic nitrogens is 1. The van der Waals surface area contributed by atoms with E-state index in [0.717, 1.165) is 29.0 Å². The Morgan fingerprint density at radius 2 is 2.18 bits per heavy atom. The van der Waals surface area contributed by atoms with E-state index in [-0.39, 0.29) is 11.9 Å². The number of fused-ring (bicyclic) bond motifs is 1. The van der Waals surface area contributed by atoms with Crippen molar-refractivity contribution in [1.29, 1.82) is 0 Å². The average molecular weight is 298 g/mol. The van der Waals surface area contributed by atoms with Crippen molar-refractivity contribution in [2.45, 2.75) is 18.9 Å². The molecule has 0 radical (unpaired) electrons. The summed E-state index contributed by atoms with van der Waals surface area (Å²) in [5.41, 5.74) is 2.04. The third kappa shape index (κ3) is 3.36. The van der Waals surface area contributed by atoms with Crippen molar-refractivity contribution in [2.24, 2.45) is 0 Å². The topological polar surface area (TPSA) is 60.5 Å². The molecule has 1 aliphatic heterocycles. The number of nitrogens with zero attached hydrogens (tertiary/aromatic N) is 1. The van der Waals surface area contributed by atoms with E-state index in [9.17, 15) is 4.79 Å². The summed E-state index contributed by atoms with van der Waals surface area (Å²) >= 11 is 0. The lowest BCUT2D eigenvalue weighted by Gasteiger charge is -2.26. The van der Waals surface area contributed by atoms with Gasteiger partial charge in [-0.2, -0.15) is 0 Å². The standard InChI is InChI=1S/C17H18N2O3/c1-21-15-3-2-13-9-14(11-22-16(13)10-15)19-17(20)8-12-4-6-18-7-5-12/h2-7,10,14H,8-9,11H2,1H3,(H,19,20). The molecule has 114 valence electrons. The first kappa shape index (κ1) is 14.4. The molecule has 1 amide bonds. The smallest absolute Gasteiger partial charge is 0.224 e. The normalized spacial score (nSPS) is 16.3. The van der Waals surface area contributed by atoms with Crippen LogP contribution < -0.4 is 14.8 Å². The SMILES string of the molecule is COc1ccc2c(c1)OCC(NC(=O)Cc1ccncc1)C2. The summed E-state index contributed by atoms with van der Waals surface area (Å²) in [5.74, 6) is 1.61. The average Bonchev–Trinajstić information content (AvgIpc) is 2.55. The fourth-order valence-corrected chi connectivity index (χ4v) is 2.54. The van der Waals surface area contributed by atoms with E-state index < -0.39 is 0 Å². The van der Waals surface area contributed by atoms with E-state index >= 15 is 0 Å². The summed E-state index contributed by atoms with van der Waals surface area (Å²) in [6.07, 6.45) is 4.50. The van der Waals surface area contributed by atoms with Crippen LogP contribution in [0, 0.1) is 0 Å². The molecule has 0 saturated carbocycles. The predicted octanol–water partition coefficient (Wildman–Crippen LogP) is 1.75. The number of methoxy groups -OCH3 is 1. The maximum Gasteiger partial charge on any atom is 0.224 e. The highest BCUT2D eigenvalue weighted by atomic mass is 16.5. The Hall–Kier alpha value is -2.56. The minimum atomic E-state index is -0.00441. The highest BCUT2D eigenvalue weighted by Gasteiger charge is 2.21. The first-order chi connectivity index (χ1) is 10.7. The summed E-state index contributed by atoms with van der Waals surface area (Å²) in [7, 11) is 1.63. The van der Waals surface area contributed by atoms with Crippen LogP contribution in [0.2, 0.25) is 0 Å². The van der Waals surface area contributed by atoms with Gasteiger partial charge < -0.3 is 14.8 Å². The number of amides is 1. The van der Waals surface area contributed by atoms with Crippen LogP contribution in [0.15, 0.2) is 42.7 Å². The third-order valence-electron chi connectivity index (χ3n) is 3.66. The van der Waals surface area contributed by atoms with Gasteiger partial charge in [0.1, 0.15) is 18.1 Å². The summed E-state index contributed by atoms with van der Waals surface area (Å²) in [5, 5.41) is 3.02. The van der Waals surface area contributed by atoms with Gasteiger partial charge in [0.15, 0.2) is 0 Å². The second-order valence-electron chi connectivity index (χ2n) is 5.29. The number of pyridine rings is 1. The van der Waals surface area contributed by atoms with Crippen molar-refractivity contribution in [2.75, 3.05) is 13.7 Å². The van der Waals surface area contributed by atoms with Gasteiger partial charge >= 0.3 is 0 Å². The Bertz CT molecular complexity index is 658. The Kier molecular flexibility index (Phi) is 4.23. The Balaban J connectivity index is 1.59. The number of hydrogen-bond acceptors (Lipinski definition) is 4. The fourth-order valence-electron chi connectivity index (χ4n) is 2.54. The van der Waals surface area contributed by atoms with E-state index in [1.807, 2.05) is 30.3 Å². The molecule has 2 aromatic rings. The summed E-state index contributed by atoms with van der Waals surface area (Å²) in [6.45, 7) is 0.474. The first-order valence-electron chi connectivity index (χ1n) is 7.22. The van der Waals surface area contributed by atoms with E-state index in [4.69, 9.17) is 9.47 Å². The zero-order valence-corrected chi connectivity index (χ0v) is 12.4. The number of carbonyl (C=O) groups excluding carboxylic acids is 1. The molecule has 0 spiro atoms. The number of rotatable bonds is 4. The fraction of sp³-hybridized carbons (Fsp3) is 0.294. The van der Waals surface area contributed by atoms with Crippen LogP contribution in [0.25, 0.3) is 0 Å². The van der Waals surface area contributed by atoms with Crippen molar-refractivity contribution in [3.63, 3.8) is 0 Å². The third-order valence-corrected chi connectivity index (χ3v) is 3.66. The van der Waals surface area contributed by atoms with Gasteiger partial charge in [0.05, 0.1) is 19.6 Å². The first-order valence-corrected chi connectivity index (χ1v) is 7.22. The van der Waals surface area contributed by atoms with Crippen LogP contribution in [-0.2, 0) is 17.6 Å². The zero-order valence-electron chi connectivity index (χ0n) is 12.4. The molecule has 2 heterocycles. The molecule has 1 aliphatic rings. The predicted molar refractivity (Wildman–Crippen MR) is 82.1 cm³/mol. The van der Waals surface area contributed by atoms with Crippen LogP contribution in [-0.4, -0.2) is 30.6 Å². The minimum absolute atomic E-state index is 0.00300. The van der Waals surface area contributed by atoms with Gasteiger partial charge in [0.25, 0.3) is 0 Å². The molecule has 22 heavy (non-hydrogen) atoms. The lowest BCUT2D eigenvalue weighted by atomic mass is 10.0. The quantitative estimate of drug-likeness (QED) is 0.934. The Morgan fingerprint density at radius 3 is 2.95 bits per heavy atom. The number of carbonyl (C=O) groups is 1. The Labute approximate surface area is 129 Å². The molecule has 5 heteroatoms. The zero-order chi connectivity index (χ0) is 15.4. The second kappa shape index (κ2) is 6.47. The molecular formula is C17H18N2O3. The molecule has 0 saturated heterocycles. The molecule has 1 aromatic carbocycles. The second-order valence-corrected chi connectivity index (χ2v) is 5.29. The van der Waals surface area contributed by atoms with E-state index in [1.165, 1.54) is 0 Å². The van der Waals surface area contributed by atoms with Crippen LogP contribution >= 0.6 is 0 Å². The number of ether oxygens (including phenoxy) is 2. The lowest BCUT2D eigenvalue weighted by Crippen LogP contribution is -2.43. The highest BCUT2D eigenvalue weighted by molar-refractivity contribution is 5.78. The molecule has 5 nitrogen and oxygen atoms in total. The molecule has 1 aromatic heterocycles. The van der Waals surface area contributed by atoms with E-state index in [1.54, 1.807) is 19.5 Å². The van der Waals surface area contributed by atoms with Crippen molar-refractivity contribution in [3.8, 4) is 11.5 Å². The maximum atomic E-state index is 12.1. The molecule has 1 unspecified atom stereocenters. The van der Waals surface area contributed by atoms with Crippen LogP contribution in [0.4, 0.5) is 0 Å².